The molecule has 0 heterocycles. The van der Waals surface area contributed by atoms with Crippen molar-refractivity contribution in [3.05, 3.63) is 29.8 Å². The molecule has 19 heavy (non-hydrogen) atoms. The van der Waals surface area contributed by atoms with Crippen LogP contribution in [0.1, 0.15) is 43.5 Å². The molecular formula is C15H20O4. The van der Waals surface area contributed by atoms with E-state index in [2.05, 4.69) is 0 Å². The van der Waals surface area contributed by atoms with Crippen LogP contribution in [-0.2, 0) is 9.53 Å². The lowest BCUT2D eigenvalue weighted by atomic mass is 10.1. The van der Waals surface area contributed by atoms with Crippen LogP contribution >= 0.6 is 0 Å². The van der Waals surface area contributed by atoms with Gasteiger partial charge in [-0.25, -0.2) is 0 Å². The highest BCUT2D eigenvalue weighted by Crippen LogP contribution is 2.14. The number of hydrogen-bond donors (Lipinski definition) is 0. The molecule has 0 unspecified atom stereocenters. The second kappa shape index (κ2) is 8.29. The van der Waals surface area contributed by atoms with Crippen molar-refractivity contribution in [2.45, 2.75) is 33.1 Å². The Balaban J connectivity index is 2.42. The highest BCUT2D eigenvalue weighted by molar-refractivity contribution is 5.97. The molecule has 104 valence electrons. The van der Waals surface area contributed by atoms with Crippen molar-refractivity contribution in [2.75, 3.05) is 13.2 Å². The van der Waals surface area contributed by atoms with Gasteiger partial charge in [0, 0.05) is 12.0 Å². The van der Waals surface area contributed by atoms with Crippen LogP contribution in [0.2, 0.25) is 0 Å². The Morgan fingerprint density at radius 3 is 2.32 bits per heavy atom. The summed E-state index contributed by atoms with van der Waals surface area (Å²) in [6, 6.07) is 6.94. The standard InChI is InChI=1S/C15H20O4/c1-3-11-19-15(17)10-9-14(16)12-5-7-13(8-6-12)18-4-2/h5-8H,3-4,9-11H2,1-2H3. The summed E-state index contributed by atoms with van der Waals surface area (Å²) in [4.78, 5) is 23.1. The summed E-state index contributed by atoms with van der Waals surface area (Å²) in [5, 5.41) is 0. The lowest BCUT2D eigenvalue weighted by Crippen LogP contribution is -2.08. The van der Waals surface area contributed by atoms with E-state index < -0.39 is 0 Å². The first-order valence-electron chi connectivity index (χ1n) is 6.59. The molecule has 0 radical (unpaired) electrons. The Bertz CT molecular complexity index is 409. The van der Waals surface area contributed by atoms with Crippen molar-refractivity contribution in [3.8, 4) is 5.75 Å². The molecule has 0 aliphatic carbocycles. The minimum atomic E-state index is -0.318. The zero-order valence-corrected chi connectivity index (χ0v) is 11.5. The largest absolute Gasteiger partial charge is 0.494 e. The van der Waals surface area contributed by atoms with Gasteiger partial charge in [0.25, 0.3) is 0 Å². The van der Waals surface area contributed by atoms with Gasteiger partial charge in [0.1, 0.15) is 5.75 Å². The van der Waals surface area contributed by atoms with Crippen LogP contribution in [0.3, 0.4) is 0 Å². The van der Waals surface area contributed by atoms with Gasteiger partial charge < -0.3 is 9.47 Å². The van der Waals surface area contributed by atoms with Crippen molar-refractivity contribution in [1.29, 1.82) is 0 Å². The number of esters is 1. The fraction of sp³-hybridized carbons (Fsp3) is 0.467. The fourth-order valence-electron chi connectivity index (χ4n) is 1.55. The SMILES string of the molecule is CCCOC(=O)CCC(=O)c1ccc(OCC)cc1. The number of carbonyl (C=O) groups is 2. The van der Waals surface area contributed by atoms with E-state index in [1.165, 1.54) is 0 Å². The Morgan fingerprint density at radius 2 is 1.74 bits per heavy atom. The number of rotatable bonds is 8. The topological polar surface area (TPSA) is 52.6 Å². The lowest BCUT2D eigenvalue weighted by molar-refractivity contribution is -0.143. The molecule has 0 atom stereocenters. The molecule has 0 aliphatic heterocycles. The van der Waals surface area contributed by atoms with Crippen LogP contribution in [0.15, 0.2) is 24.3 Å². The van der Waals surface area contributed by atoms with Gasteiger partial charge in [0.2, 0.25) is 0 Å². The first-order valence-corrected chi connectivity index (χ1v) is 6.59. The molecule has 0 aromatic heterocycles. The molecule has 0 bridgehead atoms. The Morgan fingerprint density at radius 1 is 1.05 bits per heavy atom. The highest BCUT2D eigenvalue weighted by Gasteiger charge is 2.10. The molecular weight excluding hydrogens is 244 g/mol. The van der Waals surface area contributed by atoms with Crippen LogP contribution in [0, 0.1) is 0 Å². The van der Waals surface area contributed by atoms with Crippen molar-refractivity contribution in [1.82, 2.24) is 0 Å². The summed E-state index contributed by atoms with van der Waals surface area (Å²) in [7, 11) is 0. The second-order valence-electron chi connectivity index (χ2n) is 4.10. The van der Waals surface area contributed by atoms with E-state index in [1.807, 2.05) is 13.8 Å². The molecule has 1 aromatic carbocycles. The summed E-state index contributed by atoms with van der Waals surface area (Å²) < 4.78 is 10.2. The second-order valence-corrected chi connectivity index (χ2v) is 4.10. The average Bonchev–Trinajstić information content (AvgIpc) is 2.43. The third-order valence-corrected chi connectivity index (χ3v) is 2.51. The predicted molar refractivity (Wildman–Crippen MR) is 72.4 cm³/mol. The van der Waals surface area contributed by atoms with Gasteiger partial charge in [-0.15, -0.1) is 0 Å². The molecule has 0 spiro atoms. The zero-order valence-electron chi connectivity index (χ0n) is 11.5. The first kappa shape index (κ1) is 15.2. The number of ketones is 1. The Hall–Kier alpha value is -1.84. The Kier molecular flexibility index (Phi) is 6.64. The normalized spacial score (nSPS) is 10.0. The maximum Gasteiger partial charge on any atom is 0.306 e. The van der Waals surface area contributed by atoms with Crippen molar-refractivity contribution in [2.24, 2.45) is 0 Å². The van der Waals surface area contributed by atoms with E-state index in [4.69, 9.17) is 9.47 Å². The predicted octanol–water partition coefficient (Wildman–Crippen LogP) is 3.00. The van der Waals surface area contributed by atoms with E-state index in [9.17, 15) is 9.59 Å². The molecule has 0 amide bonds. The van der Waals surface area contributed by atoms with Gasteiger partial charge in [-0.2, -0.15) is 0 Å². The number of benzene rings is 1. The minimum Gasteiger partial charge on any atom is -0.494 e. The molecule has 0 saturated carbocycles. The van der Waals surface area contributed by atoms with Crippen molar-refractivity contribution >= 4 is 11.8 Å². The molecule has 0 aliphatic rings. The maximum atomic E-state index is 11.8. The van der Waals surface area contributed by atoms with E-state index in [1.54, 1.807) is 24.3 Å². The van der Waals surface area contributed by atoms with Gasteiger partial charge in [0.15, 0.2) is 5.78 Å². The summed E-state index contributed by atoms with van der Waals surface area (Å²) in [5.41, 5.74) is 0.590. The third-order valence-electron chi connectivity index (χ3n) is 2.51. The molecule has 0 N–H and O–H groups in total. The number of ether oxygens (including phenoxy) is 2. The monoisotopic (exact) mass is 264 g/mol. The smallest absolute Gasteiger partial charge is 0.306 e. The quantitative estimate of drug-likeness (QED) is 0.535. The van der Waals surface area contributed by atoms with Gasteiger partial charge in [-0.3, -0.25) is 9.59 Å². The van der Waals surface area contributed by atoms with E-state index in [-0.39, 0.29) is 24.6 Å². The molecule has 4 heteroatoms. The summed E-state index contributed by atoms with van der Waals surface area (Å²) >= 11 is 0. The van der Waals surface area contributed by atoms with Crippen LogP contribution in [-0.4, -0.2) is 25.0 Å². The van der Waals surface area contributed by atoms with E-state index in [0.29, 0.717) is 18.8 Å². The third kappa shape index (κ3) is 5.55. The summed E-state index contributed by atoms with van der Waals surface area (Å²) in [5.74, 6) is 0.360. The van der Waals surface area contributed by atoms with E-state index >= 15 is 0 Å². The first-order chi connectivity index (χ1) is 9.17. The number of hydrogen-bond acceptors (Lipinski definition) is 4. The molecule has 1 rings (SSSR count). The fourth-order valence-corrected chi connectivity index (χ4v) is 1.55. The van der Waals surface area contributed by atoms with Crippen LogP contribution < -0.4 is 4.74 Å². The Labute approximate surface area is 113 Å². The molecule has 4 nitrogen and oxygen atoms in total. The van der Waals surface area contributed by atoms with Gasteiger partial charge in [-0.1, -0.05) is 6.92 Å². The highest BCUT2D eigenvalue weighted by atomic mass is 16.5. The molecule has 0 saturated heterocycles. The van der Waals surface area contributed by atoms with Gasteiger partial charge in [0.05, 0.1) is 19.6 Å². The minimum absolute atomic E-state index is 0.0588. The van der Waals surface area contributed by atoms with E-state index in [0.717, 1.165) is 12.2 Å². The zero-order chi connectivity index (χ0) is 14.1. The number of Topliss-reactive ketones (excluding diaryl/α,β-unsaturated/α-hetero) is 1. The lowest BCUT2D eigenvalue weighted by Gasteiger charge is -2.05. The molecule has 1 aromatic rings. The number of carbonyl (C=O) groups excluding carboxylic acids is 2. The maximum absolute atomic E-state index is 11.8. The van der Waals surface area contributed by atoms with Crippen molar-refractivity contribution < 1.29 is 19.1 Å². The van der Waals surface area contributed by atoms with Crippen LogP contribution in [0.4, 0.5) is 0 Å². The van der Waals surface area contributed by atoms with Gasteiger partial charge in [-0.05, 0) is 37.6 Å². The summed E-state index contributed by atoms with van der Waals surface area (Å²) in [6.45, 7) is 4.84. The van der Waals surface area contributed by atoms with Crippen LogP contribution in [0.5, 0.6) is 5.75 Å². The molecule has 0 fully saturated rings. The average molecular weight is 264 g/mol. The van der Waals surface area contributed by atoms with Gasteiger partial charge >= 0.3 is 5.97 Å². The van der Waals surface area contributed by atoms with Crippen molar-refractivity contribution in [3.63, 3.8) is 0 Å². The van der Waals surface area contributed by atoms with Crippen LogP contribution in [0.25, 0.3) is 0 Å². The summed E-state index contributed by atoms with van der Waals surface area (Å²) in [6.07, 6.45) is 1.10.